The van der Waals surface area contributed by atoms with Crippen molar-refractivity contribution in [1.29, 1.82) is 0 Å². The standard InChI is InChI=1S/C13H9NO4S/c15-13(16)10-7-8(5-6-11(10)14(17)18)9-3-1-2-4-12(9)19/h1-7,19H,(H,15,16). The van der Waals surface area contributed by atoms with E-state index in [4.69, 9.17) is 5.11 Å². The van der Waals surface area contributed by atoms with E-state index < -0.39 is 16.6 Å². The quantitative estimate of drug-likeness (QED) is 0.512. The number of aromatic carboxylic acids is 1. The van der Waals surface area contributed by atoms with Gasteiger partial charge in [0.15, 0.2) is 0 Å². The molecule has 96 valence electrons. The molecule has 0 aromatic heterocycles. The predicted molar refractivity (Wildman–Crippen MR) is 72.7 cm³/mol. The van der Waals surface area contributed by atoms with Crippen LogP contribution >= 0.6 is 12.6 Å². The summed E-state index contributed by atoms with van der Waals surface area (Å²) in [5, 5.41) is 19.8. The fourth-order valence-corrected chi connectivity index (χ4v) is 2.04. The van der Waals surface area contributed by atoms with Gasteiger partial charge in [-0.15, -0.1) is 12.6 Å². The molecule has 0 radical (unpaired) electrons. The lowest BCUT2D eigenvalue weighted by molar-refractivity contribution is -0.385. The second-order valence-corrected chi connectivity index (χ2v) is 4.29. The molecule has 0 aliphatic rings. The summed E-state index contributed by atoms with van der Waals surface area (Å²) in [4.78, 5) is 21.8. The minimum atomic E-state index is -1.33. The normalized spacial score (nSPS) is 10.2. The van der Waals surface area contributed by atoms with E-state index in [1.165, 1.54) is 18.2 Å². The molecule has 6 heteroatoms. The van der Waals surface area contributed by atoms with E-state index in [9.17, 15) is 14.9 Å². The van der Waals surface area contributed by atoms with Crippen molar-refractivity contribution < 1.29 is 14.8 Å². The molecule has 0 saturated heterocycles. The van der Waals surface area contributed by atoms with Gasteiger partial charge in [0.2, 0.25) is 0 Å². The lowest BCUT2D eigenvalue weighted by Crippen LogP contribution is -2.02. The molecular formula is C13H9NO4S. The van der Waals surface area contributed by atoms with Crippen molar-refractivity contribution in [1.82, 2.24) is 0 Å². The Hall–Kier alpha value is -2.34. The van der Waals surface area contributed by atoms with Gasteiger partial charge in [0.25, 0.3) is 5.69 Å². The third kappa shape index (κ3) is 2.58. The van der Waals surface area contributed by atoms with Gasteiger partial charge in [0.1, 0.15) is 5.56 Å². The molecule has 2 rings (SSSR count). The summed E-state index contributed by atoms with van der Waals surface area (Å²) in [6, 6.07) is 11.1. The molecule has 1 N–H and O–H groups in total. The maximum absolute atomic E-state index is 11.1. The highest BCUT2D eigenvalue weighted by molar-refractivity contribution is 7.80. The number of hydrogen-bond acceptors (Lipinski definition) is 4. The topological polar surface area (TPSA) is 80.4 Å². The SMILES string of the molecule is O=C(O)c1cc(-c2ccccc2S)ccc1[N+](=O)[O-]. The van der Waals surface area contributed by atoms with E-state index >= 15 is 0 Å². The van der Waals surface area contributed by atoms with Crippen LogP contribution in [0.25, 0.3) is 11.1 Å². The summed E-state index contributed by atoms with van der Waals surface area (Å²) in [7, 11) is 0. The van der Waals surface area contributed by atoms with Crippen molar-refractivity contribution in [2.75, 3.05) is 0 Å². The molecule has 2 aromatic carbocycles. The van der Waals surface area contributed by atoms with Gasteiger partial charge in [-0.1, -0.05) is 18.2 Å². The maximum Gasteiger partial charge on any atom is 0.342 e. The fourth-order valence-electron chi connectivity index (χ4n) is 1.75. The van der Waals surface area contributed by atoms with Crippen molar-refractivity contribution in [3.05, 3.63) is 58.1 Å². The highest BCUT2D eigenvalue weighted by Crippen LogP contribution is 2.30. The summed E-state index contributed by atoms with van der Waals surface area (Å²) < 4.78 is 0. The van der Waals surface area contributed by atoms with Crippen LogP contribution in [0.4, 0.5) is 5.69 Å². The minimum Gasteiger partial charge on any atom is -0.477 e. The van der Waals surface area contributed by atoms with Crippen LogP contribution in [0, 0.1) is 10.1 Å². The average molecular weight is 275 g/mol. The number of benzene rings is 2. The second-order valence-electron chi connectivity index (χ2n) is 3.81. The molecule has 19 heavy (non-hydrogen) atoms. The van der Waals surface area contributed by atoms with E-state index in [1.807, 2.05) is 0 Å². The Bertz CT molecular complexity index is 669. The molecule has 0 spiro atoms. The Kier molecular flexibility index (Phi) is 3.52. The zero-order valence-corrected chi connectivity index (χ0v) is 10.5. The molecule has 0 unspecified atom stereocenters. The first-order valence-electron chi connectivity index (χ1n) is 5.31. The van der Waals surface area contributed by atoms with Gasteiger partial charge in [0.05, 0.1) is 4.92 Å². The molecule has 0 aliphatic heterocycles. The molecule has 0 amide bonds. The van der Waals surface area contributed by atoms with Gasteiger partial charge < -0.3 is 5.11 Å². The van der Waals surface area contributed by atoms with Crippen LogP contribution in [-0.4, -0.2) is 16.0 Å². The summed E-state index contributed by atoms with van der Waals surface area (Å²) >= 11 is 4.28. The molecule has 0 fully saturated rings. The van der Waals surface area contributed by atoms with Crippen molar-refractivity contribution in [3.63, 3.8) is 0 Å². The van der Waals surface area contributed by atoms with Crippen LogP contribution in [0.15, 0.2) is 47.4 Å². The lowest BCUT2D eigenvalue weighted by atomic mass is 10.0. The van der Waals surface area contributed by atoms with Gasteiger partial charge in [-0.2, -0.15) is 0 Å². The molecule has 0 heterocycles. The van der Waals surface area contributed by atoms with Crippen molar-refractivity contribution in [2.45, 2.75) is 4.90 Å². The van der Waals surface area contributed by atoms with E-state index in [2.05, 4.69) is 12.6 Å². The number of carboxylic acids is 1. The summed E-state index contributed by atoms with van der Waals surface area (Å²) in [5.74, 6) is -1.33. The minimum absolute atomic E-state index is 0.334. The summed E-state index contributed by atoms with van der Waals surface area (Å²) in [6.45, 7) is 0. The Balaban J connectivity index is 2.62. The number of carboxylic acid groups (broad SMARTS) is 1. The van der Waals surface area contributed by atoms with E-state index in [-0.39, 0.29) is 5.56 Å². The van der Waals surface area contributed by atoms with Gasteiger partial charge in [0, 0.05) is 11.0 Å². The number of rotatable bonds is 3. The number of nitro benzene ring substituents is 1. The van der Waals surface area contributed by atoms with E-state index in [0.717, 1.165) is 5.56 Å². The van der Waals surface area contributed by atoms with Gasteiger partial charge in [-0.3, -0.25) is 10.1 Å². The van der Waals surface area contributed by atoms with Crippen LogP contribution in [-0.2, 0) is 0 Å². The molecule has 0 bridgehead atoms. The third-order valence-corrected chi connectivity index (χ3v) is 3.03. The third-order valence-electron chi connectivity index (χ3n) is 2.64. The lowest BCUT2D eigenvalue weighted by Gasteiger charge is -2.06. The number of nitrogens with zero attached hydrogens (tertiary/aromatic N) is 1. The Labute approximate surface area is 114 Å². The Morgan fingerprint density at radius 3 is 2.47 bits per heavy atom. The number of hydrogen-bond donors (Lipinski definition) is 2. The van der Waals surface area contributed by atoms with E-state index in [0.29, 0.717) is 10.5 Å². The maximum atomic E-state index is 11.1. The van der Waals surface area contributed by atoms with Gasteiger partial charge in [-0.25, -0.2) is 4.79 Å². The Morgan fingerprint density at radius 1 is 1.21 bits per heavy atom. The highest BCUT2D eigenvalue weighted by atomic mass is 32.1. The molecule has 5 nitrogen and oxygen atoms in total. The van der Waals surface area contributed by atoms with Crippen LogP contribution in [0.1, 0.15) is 10.4 Å². The first-order valence-corrected chi connectivity index (χ1v) is 5.75. The number of carbonyl (C=O) groups is 1. The van der Waals surface area contributed by atoms with Gasteiger partial charge in [-0.05, 0) is 29.3 Å². The first kappa shape index (κ1) is 13.1. The zero-order chi connectivity index (χ0) is 14.0. The monoisotopic (exact) mass is 275 g/mol. The van der Waals surface area contributed by atoms with Crippen LogP contribution in [0.3, 0.4) is 0 Å². The predicted octanol–water partition coefficient (Wildman–Crippen LogP) is 3.25. The molecular weight excluding hydrogens is 266 g/mol. The smallest absolute Gasteiger partial charge is 0.342 e. The molecule has 0 saturated carbocycles. The van der Waals surface area contributed by atoms with Crippen molar-refractivity contribution in [2.24, 2.45) is 0 Å². The largest absolute Gasteiger partial charge is 0.477 e. The Morgan fingerprint density at radius 2 is 1.89 bits per heavy atom. The average Bonchev–Trinajstić information content (AvgIpc) is 2.38. The molecule has 2 aromatic rings. The number of nitro groups is 1. The molecule has 0 aliphatic carbocycles. The van der Waals surface area contributed by atoms with Crippen LogP contribution in [0.2, 0.25) is 0 Å². The fraction of sp³-hybridized carbons (Fsp3) is 0. The summed E-state index contributed by atoms with van der Waals surface area (Å²) in [6.07, 6.45) is 0. The first-order chi connectivity index (χ1) is 9.00. The van der Waals surface area contributed by atoms with Crippen LogP contribution in [0.5, 0.6) is 0 Å². The molecule has 0 atom stereocenters. The van der Waals surface area contributed by atoms with Gasteiger partial charge >= 0.3 is 5.97 Å². The van der Waals surface area contributed by atoms with Crippen LogP contribution < -0.4 is 0 Å². The van der Waals surface area contributed by atoms with Crippen molar-refractivity contribution in [3.8, 4) is 11.1 Å². The second kappa shape index (κ2) is 5.11. The summed E-state index contributed by atoms with van der Waals surface area (Å²) in [5.41, 5.74) is 0.545. The van der Waals surface area contributed by atoms with E-state index in [1.54, 1.807) is 24.3 Å². The van der Waals surface area contributed by atoms with Crippen molar-refractivity contribution >= 4 is 24.3 Å². The zero-order valence-electron chi connectivity index (χ0n) is 9.61. The number of thiol groups is 1. The highest BCUT2D eigenvalue weighted by Gasteiger charge is 2.20.